The molecular formula is C8H8N6O. The van der Waals surface area contributed by atoms with Crippen molar-refractivity contribution in [1.29, 1.82) is 0 Å². The van der Waals surface area contributed by atoms with Crippen LogP contribution < -0.4 is 11.1 Å². The Kier molecular flexibility index (Phi) is 2.28. The molecule has 2 aromatic heterocycles. The molecule has 0 radical (unpaired) electrons. The second kappa shape index (κ2) is 3.74. The number of amides is 1. The number of nitrogens with two attached hydrogens (primary N) is 1. The molecule has 0 unspecified atom stereocenters. The van der Waals surface area contributed by atoms with Gasteiger partial charge in [0.2, 0.25) is 0 Å². The number of carbonyl (C=O) groups is 1. The largest absolute Gasteiger partial charge is 0.382 e. The standard InChI is InChI=1S/C8H8N6O/c9-7-1-6(13-14-7)8(15)12-5-2-10-4-11-3-5/h1-4H,(H,12,15)(H3,9,13,14). The highest BCUT2D eigenvalue weighted by atomic mass is 16.1. The van der Waals surface area contributed by atoms with Crippen molar-refractivity contribution in [3.63, 3.8) is 0 Å². The quantitative estimate of drug-likeness (QED) is 0.639. The molecule has 2 heterocycles. The molecule has 15 heavy (non-hydrogen) atoms. The highest BCUT2D eigenvalue weighted by Gasteiger charge is 2.08. The van der Waals surface area contributed by atoms with E-state index in [0.29, 0.717) is 5.69 Å². The number of hydrogen-bond acceptors (Lipinski definition) is 5. The Morgan fingerprint density at radius 1 is 1.40 bits per heavy atom. The van der Waals surface area contributed by atoms with E-state index in [0.717, 1.165) is 0 Å². The third-order valence-electron chi connectivity index (χ3n) is 1.66. The number of rotatable bonds is 2. The lowest BCUT2D eigenvalue weighted by Gasteiger charge is -2.00. The molecule has 2 aromatic rings. The van der Waals surface area contributed by atoms with Gasteiger partial charge in [-0.05, 0) is 0 Å². The number of nitrogen functional groups attached to an aromatic ring is 1. The second-order valence-corrected chi connectivity index (χ2v) is 2.79. The number of aromatic nitrogens is 4. The molecule has 7 heteroatoms. The molecule has 0 aromatic carbocycles. The average molecular weight is 204 g/mol. The van der Waals surface area contributed by atoms with E-state index in [9.17, 15) is 4.79 Å². The maximum absolute atomic E-state index is 11.5. The van der Waals surface area contributed by atoms with E-state index < -0.39 is 0 Å². The first-order chi connectivity index (χ1) is 7.25. The van der Waals surface area contributed by atoms with Gasteiger partial charge in [-0.3, -0.25) is 9.89 Å². The van der Waals surface area contributed by atoms with Crippen molar-refractivity contribution in [2.24, 2.45) is 0 Å². The smallest absolute Gasteiger partial charge is 0.273 e. The Balaban J connectivity index is 2.11. The molecule has 0 aliphatic heterocycles. The van der Waals surface area contributed by atoms with Gasteiger partial charge in [-0.1, -0.05) is 0 Å². The van der Waals surface area contributed by atoms with Gasteiger partial charge in [0.25, 0.3) is 5.91 Å². The minimum atomic E-state index is -0.339. The molecule has 0 spiro atoms. The number of aromatic amines is 1. The SMILES string of the molecule is Nc1cc(C(=O)Nc2cncnc2)[nH]n1. The van der Waals surface area contributed by atoms with Crippen LogP contribution in [0.1, 0.15) is 10.5 Å². The first kappa shape index (κ1) is 9.13. The molecule has 7 nitrogen and oxygen atoms in total. The molecule has 0 saturated carbocycles. The van der Waals surface area contributed by atoms with Gasteiger partial charge in [-0.2, -0.15) is 5.10 Å². The Morgan fingerprint density at radius 2 is 2.13 bits per heavy atom. The zero-order valence-electron chi connectivity index (χ0n) is 7.64. The van der Waals surface area contributed by atoms with Gasteiger partial charge < -0.3 is 11.1 Å². The molecule has 4 N–H and O–H groups in total. The van der Waals surface area contributed by atoms with Gasteiger partial charge in [0.1, 0.15) is 17.8 Å². The summed E-state index contributed by atoms with van der Waals surface area (Å²) in [6.45, 7) is 0. The Labute approximate surface area is 84.7 Å². The summed E-state index contributed by atoms with van der Waals surface area (Å²) >= 11 is 0. The van der Waals surface area contributed by atoms with Crippen LogP contribution >= 0.6 is 0 Å². The topological polar surface area (TPSA) is 110 Å². The summed E-state index contributed by atoms with van der Waals surface area (Å²) in [5.41, 5.74) is 6.16. The summed E-state index contributed by atoms with van der Waals surface area (Å²) in [7, 11) is 0. The van der Waals surface area contributed by atoms with Gasteiger partial charge in [-0.25, -0.2) is 9.97 Å². The monoisotopic (exact) mass is 204 g/mol. The van der Waals surface area contributed by atoms with Crippen LogP contribution in [0.15, 0.2) is 24.8 Å². The van der Waals surface area contributed by atoms with Crippen LogP contribution in [0, 0.1) is 0 Å². The van der Waals surface area contributed by atoms with Crippen molar-refractivity contribution in [2.75, 3.05) is 11.1 Å². The molecule has 76 valence electrons. The third-order valence-corrected chi connectivity index (χ3v) is 1.66. The number of nitrogens with zero attached hydrogens (tertiary/aromatic N) is 3. The fraction of sp³-hybridized carbons (Fsp3) is 0. The lowest BCUT2D eigenvalue weighted by Crippen LogP contribution is -2.12. The van der Waals surface area contributed by atoms with Gasteiger partial charge in [0, 0.05) is 6.07 Å². The molecule has 1 amide bonds. The summed E-state index contributed by atoms with van der Waals surface area (Å²) < 4.78 is 0. The number of hydrogen-bond donors (Lipinski definition) is 3. The molecular weight excluding hydrogens is 196 g/mol. The van der Waals surface area contributed by atoms with Crippen LogP contribution in [-0.2, 0) is 0 Å². The minimum Gasteiger partial charge on any atom is -0.382 e. The van der Waals surface area contributed by atoms with Crippen LogP contribution in [0.25, 0.3) is 0 Å². The maximum atomic E-state index is 11.5. The third kappa shape index (κ3) is 2.08. The van der Waals surface area contributed by atoms with Crippen molar-refractivity contribution in [3.05, 3.63) is 30.5 Å². The summed E-state index contributed by atoms with van der Waals surface area (Å²) in [5.74, 6) is -0.0709. The zero-order chi connectivity index (χ0) is 10.7. The van der Waals surface area contributed by atoms with E-state index in [1.165, 1.54) is 24.8 Å². The summed E-state index contributed by atoms with van der Waals surface area (Å²) in [6, 6.07) is 1.44. The normalized spacial score (nSPS) is 9.87. The van der Waals surface area contributed by atoms with Crippen LogP contribution in [-0.4, -0.2) is 26.1 Å². The summed E-state index contributed by atoms with van der Waals surface area (Å²) in [5, 5.41) is 8.72. The van der Waals surface area contributed by atoms with Gasteiger partial charge >= 0.3 is 0 Å². The van der Waals surface area contributed by atoms with Crippen molar-refractivity contribution < 1.29 is 4.79 Å². The second-order valence-electron chi connectivity index (χ2n) is 2.79. The first-order valence-corrected chi connectivity index (χ1v) is 4.13. The van der Waals surface area contributed by atoms with Crippen molar-refractivity contribution in [2.45, 2.75) is 0 Å². The molecule has 0 fully saturated rings. The van der Waals surface area contributed by atoms with Crippen LogP contribution in [0.4, 0.5) is 11.5 Å². The fourth-order valence-corrected chi connectivity index (χ4v) is 1.02. The van der Waals surface area contributed by atoms with E-state index in [2.05, 4.69) is 25.5 Å². The number of carbonyl (C=O) groups excluding carboxylic acids is 1. The molecule has 2 rings (SSSR count). The van der Waals surface area contributed by atoms with Crippen LogP contribution in [0.5, 0.6) is 0 Å². The number of H-pyrrole nitrogens is 1. The Morgan fingerprint density at radius 3 is 2.73 bits per heavy atom. The van der Waals surface area contributed by atoms with E-state index in [4.69, 9.17) is 5.73 Å². The molecule has 0 bridgehead atoms. The molecule has 0 atom stereocenters. The Hall–Kier alpha value is -2.44. The average Bonchev–Trinajstić information content (AvgIpc) is 2.66. The minimum absolute atomic E-state index is 0.268. The van der Waals surface area contributed by atoms with Gasteiger partial charge in [-0.15, -0.1) is 0 Å². The van der Waals surface area contributed by atoms with Crippen molar-refractivity contribution in [3.8, 4) is 0 Å². The molecule has 0 aliphatic carbocycles. The van der Waals surface area contributed by atoms with Crippen molar-refractivity contribution >= 4 is 17.4 Å². The van der Waals surface area contributed by atoms with E-state index in [1.54, 1.807) is 0 Å². The van der Waals surface area contributed by atoms with Gasteiger partial charge in [0.15, 0.2) is 0 Å². The number of anilines is 2. The molecule has 0 saturated heterocycles. The van der Waals surface area contributed by atoms with E-state index in [-0.39, 0.29) is 17.4 Å². The lowest BCUT2D eigenvalue weighted by molar-refractivity contribution is 0.102. The highest BCUT2D eigenvalue weighted by Crippen LogP contribution is 2.05. The predicted molar refractivity (Wildman–Crippen MR) is 53.0 cm³/mol. The first-order valence-electron chi connectivity index (χ1n) is 4.13. The fourth-order valence-electron chi connectivity index (χ4n) is 1.02. The lowest BCUT2D eigenvalue weighted by atomic mass is 10.4. The number of nitrogens with one attached hydrogen (secondary N) is 2. The Bertz CT molecular complexity index is 465. The highest BCUT2D eigenvalue weighted by molar-refractivity contribution is 6.03. The van der Waals surface area contributed by atoms with E-state index in [1.807, 2.05) is 0 Å². The van der Waals surface area contributed by atoms with Crippen LogP contribution in [0.3, 0.4) is 0 Å². The van der Waals surface area contributed by atoms with E-state index >= 15 is 0 Å². The summed E-state index contributed by atoms with van der Waals surface area (Å²) in [6.07, 6.45) is 4.36. The summed E-state index contributed by atoms with van der Waals surface area (Å²) in [4.78, 5) is 19.1. The van der Waals surface area contributed by atoms with Crippen LogP contribution in [0.2, 0.25) is 0 Å². The van der Waals surface area contributed by atoms with Gasteiger partial charge in [0.05, 0.1) is 18.1 Å². The zero-order valence-corrected chi connectivity index (χ0v) is 7.64. The molecule has 0 aliphatic rings. The van der Waals surface area contributed by atoms with Crippen molar-refractivity contribution in [1.82, 2.24) is 20.2 Å². The maximum Gasteiger partial charge on any atom is 0.273 e. The predicted octanol–water partition coefficient (Wildman–Crippen LogP) is 0.0342.